The maximum atomic E-state index is 11.9. The normalized spacial score (nSPS) is 11.6. The van der Waals surface area contributed by atoms with Gasteiger partial charge in [0.15, 0.2) is 0 Å². The van der Waals surface area contributed by atoms with Crippen LogP contribution < -0.4 is 10.5 Å². The molecule has 0 fully saturated rings. The average Bonchev–Trinajstić information content (AvgIpc) is 2.48. The first-order valence-corrected chi connectivity index (χ1v) is 6.74. The van der Waals surface area contributed by atoms with Gasteiger partial charge < -0.3 is 20.1 Å². The van der Waals surface area contributed by atoms with Crippen LogP contribution in [-0.4, -0.2) is 44.1 Å². The lowest BCUT2D eigenvalue weighted by molar-refractivity contribution is -0.146. The Labute approximate surface area is 124 Å². The number of hydrogen-bond donors (Lipinski definition) is 1. The monoisotopic (exact) mass is 294 g/mol. The molecule has 0 bridgehead atoms. The third-order valence-corrected chi connectivity index (χ3v) is 3.04. The first-order valence-electron chi connectivity index (χ1n) is 6.74. The second-order valence-corrected chi connectivity index (χ2v) is 4.87. The Kier molecular flexibility index (Phi) is 6.52. The topological polar surface area (TPSA) is 81.9 Å². The molecule has 116 valence electrons. The zero-order chi connectivity index (χ0) is 15.8. The summed E-state index contributed by atoms with van der Waals surface area (Å²) in [6, 6.07) is 6.98. The molecular formula is C15H22N2O4. The molecule has 1 aromatic carbocycles. The lowest BCUT2D eigenvalue weighted by atomic mass is 10.1. The summed E-state index contributed by atoms with van der Waals surface area (Å²) in [7, 11) is 2.99. The maximum Gasteiger partial charge on any atom is 0.310 e. The molecule has 0 aliphatic carbocycles. The van der Waals surface area contributed by atoms with E-state index >= 15 is 0 Å². The first-order chi connectivity index (χ1) is 9.93. The van der Waals surface area contributed by atoms with Crippen molar-refractivity contribution in [3.8, 4) is 5.75 Å². The van der Waals surface area contributed by atoms with Crippen LogP contribution in [0.5, 0.6) is 5.75 Å². The fourth-order valence-corrected chi connectivity index (χ4v) is 1.80. The van der Waals surface area contributed by atoms with E-state index in [9.17, 15) is 9.59 Å². The maximum absolute atomic E-state index is 11.9. The van der Waals surface area contributed by atoms with Gasteiger partial charge in [-0.2, -0.15) is 0 Å². The lowest BCUT2D eigenvalue weighted by Crippen LogP contribution is -2.34. The number of esters is 1. The highest BCUT2D eigenvalue weighted by Crippen LogP contribution is 2.13. The second kappa shape index (κ2) is 8.14. The summed E-state index contributed by atoms with van der Waals surface area (Å²) in [6.45, 7) is 2.33. The summed E-state index contributed by atoms with van der Waals surface area (Å²) in [5.74, 6) is -0.0847. The Morgan fingerprint density at radius 3 is 2.48 bits per heavy atom. The van der Waals surface area contributed by atoms with E-state index in [0.29, 0.717) is 18.0 Å². The molecule has 0 saturated heterocycles. The molecule has 0 heterocycles. The van der Waals surface area contributed by atoms with Crippen molar-refractivity contribution >= 4 is 17.6 Å². The fraction of sp³-hybridized carbons (Fsp3) is 0.467. The minimum Gasteiger partial charge on any atom is -0.493 e. The number of nitrogen functional groups attached to an aromatic ring is 1. The minimum absolute atomic E-state index is 0.0822. The van der Waals surface area contributed by atoms with Crippen LogP contribution in [-0.2, 0) is 14.3 Å². The van der Waals surface area contributed by atoms with Crippen LogP contribution >= 0.6 is 0 Å². The zero-order valence-electron chi connectivity index (χ0n) is 12.7. The Morgan fingerprint density at radius 2 is 1.90 bits per heavy atom. The molecule has 21 heavy (non-hydrogen) atoms. The Balaban J connectivity index is 2.32. The van der Waals surface area contributed by atoms with E-state index in [1.807, 2.05) is 0 Å². The average molecular weight is 294 g/mol. The molecule has 0 radical (unpaired) electrons. The van der Waals surface area contributed by atoms with Crippen LogP contribution in [0, 0.1) is 5.92 Å². The molecular weight excluding hydrogens is 272 g/mol. The van der Waals surface area contributed by atoms with Crippen LogP contribution in [0.3, 0.4) is 0 Å². The molecule has 0 saturated carbocycles. The van der Waals surface area contributed by atoms with Crippen molar-refractivity contribution in [2.45, 2.75) is 13.3 Å². The number of methoxy groups -OCH3 is 1. The predicted octanol–water partition coefficient (Wildman–Crippen LogP) is 1.31. The molecule has 0 aliphatic rings. The standard InChI is InChI=1S/C15H22N2O4/c1-11(15(19)20-3)10-17(2)14(18)8-9-21-13-6-4-12(16)5-7-13/h4-7,11H,8-10,16H2,1-3H3. The van der Waals surface area contributed by atoms with E-state index in [1.165, 1.54) is 12.0 Å². The largest absolute Gasteiger partial charge is 0.493 e. The lowest BCUT2D eigenvalue weighted by Gasteiger charge is -2.20. The number of carbonyl (C=O) groups is 2. The van der Waals surface area contributed by atoms with Gasteiger partial charge in [-0.25, -0.2) is 0 Å². The number of amides is 1. The number of anilines is 1. The van der Waals surface area contributed by atoms with E-state index in [-0.39, 0.29) is 30.8 Å². The highest BCUT2D eigenvalue weighted by Gasteiger charge is 2.18. The van der Waals surface area contributed by atoms with E-state index in [1.54, 1.807) is 38.2 Å². The van der Waals surface area contributed by atoms with Crippen molar-refractivity contribution in [2.24, 2.45) is 5.92 Å². The first kappa shape index (κ1) is 16.8. The number of rotatable bonds is 7. The second-order valence-electron chi connectivity index (χ2n) is 4.87. The number of hydrogen-bond acceptors (Lipinski definition) is 5. The fourth-order valence-electron chi connectivity index (χ4n) is 1.80. The smallest absolute Gasteiger partial charge is 0.310 e. The molecule has 2 N–H and O–H groups in total. The molecule has 1 aromatic rings. The van der Waals surface area contributed by atoms with Gasteiger partial charge in [0.2, 0.25) is 5.91 Å². The number of nitrogens with two attached hydrogens (primary N) is 1. The molecule has 6 nitrogen and oxygen atoms in total. The van der Waals surface area contributed by atoms with Crippen molar-refractivity contribution in [2.75, 3.05) is 33.0 Å². The van der Waals surface area contributed by atoms with Crippen molar-refractivity contribution in [3.05, 3.63) is 24.3 Å². The summed E-state index contributed by atoms with van der Waals surface area (Å²) in [4.78, 5) is 24.7. The summed E-state index contributed by atoms with van der Waals surface area (Å²) in [6.07, 6.45) is 0.245. The van der Waals surface area contributed by atoms with E-state index in [0.717, 1.165) is 0 Å². The van der Waals surface area contributed by atoms with Gasteiger partial charge in [-0.15, -0.1) is 0 Å². The Hall–Kier alpha value is -2.24. The van der Waals surface area contributed by atoms with Crippen LogP contribution in [0.2, 0.25) is 0 Å². The molecule has 1 atom stereocenters. The van der Waals surface area contributed by atoms with E-state index < -0.39 is 0 Å². The van der Waals surface area contributed by atoms with Crippen LogP contribution in [0.1, 0.15) is 13.3 Å². The highest BCUT2D eigenvalue weighted by molar-refractivity contribution is 5.77. The molecule has 6 heteroatoms. The summed E-state index contributed by atoms with van der Waals surface area (Å²) in [5.41, 5.74) is 6.23. The minimum atomic E-state index is -0.345. The third-order valence-electron chi connectivity index (χ3n) is 3.04. The van der Waals surface area contributed by atoms with Gasteiger partial charge in [0, 0.05) is 19.3 Å². The van der Waals surface area contributed by atoms with Gasteiger partial charge in [0.05, 0.1) is 26.1 Å². The molecule has 0 aliphatic heterocycles. The van der Waals surface area contributed by atoms with Crippen LogP contribution in [0.15, 0.2) is 24.3 Å². The molecule has 0 spiro atoms. The van der Waals surface area contributed by atoms with Crippen LogP contribution in [0.4, 0.5) is 5.69 Å². The zero-order valence-corrected chi connectivity index (χ0v) is 12.7. The van der Waals surface area contributed by atoms with Gasteiger partial charge in [0.1, 0.15) is 5.75 Å². The van der Waals surface area contributed by atoms with Crippen LogP contribution in [0.25, 0.3) is 0 Å². The number of benzene rings is 1. The van der Waals surface area contributed by atoms with Gasteiger partial charge in [-0.3, -0.25) is 9.59 Å². The Bertz CT molecular complexity index is 473. The number of nitrogens with zero attached hydrogens (tertiary/aromatic N) is 1. The number of ether oxygens (including phenoxy) is 2. The quantitative estimate of drug-likeness (QED) is 0.605. The molecule has 1 amide bonds. The summed E-state index contributed by atoms with van der Waals surface area (Å²) >= 11 is 0. The van der Waals surface area contributed by atoms with Gasteiger partial charge in [0.25, 0.3) is 0 Å². The number of carbonyl (C=O) groups excluding carboxylic acids is 2. The van der Waals surface area contributed by atoms with E-state index in [4.69, 9.17) is 10.5 Å². The van der Waals surface area contributed by atoms with Crippen molar-refractivity contribution in [3.63, 3.8) is 0 Å². The van der Waals surface area contributed by atoms with Gasteiger partial charge in [-0.05, 0) is 24.3 Å². The molecule has 1 rings (SSSR count). The third kappa shape index (κ3) is 5.72. The van der Waals surface area contributed by atoms with Crippen molar-refractivity contribution in [1.29, 1.82) is 0 Å². The van der Waals surface area contributed by atoms with Crippen molar-refractivity contribution in [1.82, 2.24) is 4.90 Å². The predicted molar refractivity (Wildman–Crippen MR) is 79.8 cm³/mol. The van der Waals surface area contributed by atoms with Gasteiger partial charge >= 0.3 is 5.97 Å². The van der Waals surface area contributed by atoms with Crippen molar-refractivity contribution < 1.29 is 19.1 Å². The Morgan fingerprint density at radius 1 is 1.29 bits per heavy atom. The van der Waals surface area contributed by atoms with E-state index in [2.05, 4.69) is 4.74 Å². The summed E-state index contributed by atoms with van der Waals surface area (Å²) in [5, 5.41) is 0. The molecule has 0 aromatic heterocycles. The highest BCUT2D eigenvalue weighted by atomic mass is 16.5. The SMILES string of the molecule is COC(=O)C(C)CN(C)C(=O)CCOc1ccc(N)cc1. The summed E-state index contributed by atoms with van der Waals surface area (Å²) < 4.78 is 10.1. The van der Waals surface area contributed by atoms with Gasteiger partial charge in [-0.1, -0.05) is 6.92 Å². The molecule has 1 unspecified atom stereocenters.